The van der Waals surface area contributed by atoms with Gasteiger partial charge in [0.25, 0.3) is 0 Å². The van der Waals surface area contributed by atoms with Crippen LogP contribution in [0.2, 0.25) is 0 Å². The molecule has 2 aliphatic rings. The van der Waals surface area contributed by atoms with E-state index in [1.807, 2.05) is 12.1 Å². The minimum Gasteiger partial charge on any atom is -0.296 e. The van der Waals surface area contributed by atoms with Crippen LogP contribution in [0.4, 0.5) is 0 Å². The number of benzene rings is 2. The van der Waals surface area contributed by atoms with Crippen LogP contribution in [-0.2, 0) is 12.8 Å². The highest BCUT2D eigenvalue weighted by atomic mass is 16.1. The zero-order valence-electron chi connectivity index (χ0n) is 13.0. The molecule has 0 N–H and O–H groups in total. The molecule has 22 heavy (non-hydrogen) atoms. The Bertz CT molecular complexity index is 721. The van der Waals surface area contributed by atoms with E-state index >= 15 is 0 Å². The largest absolute Gasteiger partial charge is 0.296 e. The van der Waals surface area contributed by atoms with Gasteiger partial charge in [-0.05, 0) is 43.0 Å². The number of aryl methyl sites for hydroxylation is 1. The van der Waals surface area contributed by atoms with Gasteiger partial charge in [0, 0.05) is 24.1 Å². The molecule has 0 radical (unpaired) electrons. The van der Waals surface area contributed by atoms with Gasteiger partial charge in [-0.25, -0.2) is 0 Å². The standard InChI is InChI=1S/C20H21NO/c1-21(16-11-10-14-6-2-3-7-15(14)12-16)19-13-20(22)18-9-5-4-8-17(18)19/h2-9,16,19H,10-13H2,1H3/t16-,19-/m1/s1. The van der Waals surface area contributed by atoms with Crippen LogP contribution >= 0.6 is 0 Å². The van der Waals surface area contributed by atoms with E-state index in [2.05, 4.69) is 48.3 Å². The summed E-state index contributed by atoms with van der Waals surface area (Å²) in [6.45, 7) is 0. The number of ketones is 1. The van der Waals surface area contributed by atoms with E-state index < -0.39 is 0 Å². The number of hydrogen-bond acceptors (Lipinski definition) is 2. The first-order chi connectivity index (χ1) is 10.7. The summed E-state index contributed by atoms with van der Waals surface area (Å²) >= 11 is 0. The zero-order valence-corrected chi connectivity index (χ0v) is 13.0. The molecule has 0 aromatic heterocycles. The Labute approximate surface area is 131 Å². The molecule has 0 saturated carbocycles. The summed E-state index contributed by atoms with van der Waals surface area (Å²) in [5.41, 5.74) is 5.11. The first kappa shape index (κ1) is 13.7. The van der Waals surface area contributed by atoms with Crippen molar-refractivity contribution in [2.45, 2.75) is 37.8 Å². The van der Waals surface area contributed by atoms with Gasteiger partial charge < -0.3 is 0 Å². The van der Waals surface area contributed by atoms with Crippen molar-refractivity contribution in [3.05, 3.63) is 70.8 Å². The predicted octanol–water partition coefficient (Wildman–Crippen LogP) is 3.80. The van der Waals surface area contributed by atoms with Crippen molar-refractivity contribution in [3.8, 4) is 0 Å². The predicted molar refractivity (Wildman–Crippen MR) is 88.1 cm³/mol. The van der Waals surface area contributed by atoms with Gasteiger partial charge in [-0.15, -0.1) is 0 Å². The van der Waals surface area contributed by atoms with Gasteiger partial charge in [-0.3, -0.25) is 9.69 Å². The number of Topliss-reactive ketones (excluding diaryl/α,β-unsaturated/α-hetero) is 1. The van der Waals surface area contributed by atoms with Crippen molar-refractivity contribution >= 4 is 5.78 Å². The maximum atomic E-state index is 12.2. The first-order valence-electron chi connectivity index (χ1n) is 8.15. The molecular weight excluding hydrogens is 270 g/mol. The van der Waals surface area contributed by atoms with Crippen molar-refractivity contribution in [2.24, 2.45) is 0 Å². The van der Waals surface area contributed by atoms with Gasteiger partial charge in [0.15, 0.2) is 5.78 Å². The molecule has 0 aliphatic heterocycles. The Balaban J connectivity index is 1.59. The fourth-order valence-electron chi connectivity index (χ4n) is 4.08. The molecule has 0 heterocycles. The number of fused-ring (bicyclic) bond motifs is 2. The fourth-order valence-corrected chi connectivity index (χ4v) is 4.08. The van der Waals surface area contributed by atoms with E-state index in [9.17, 15) is 4.79 Å². The average molecular weight is 291 g/mol. The quantitative estimate of drug-likeness (QED) is 0.838. The number of rotatable bonds is 2. The van der Waals surface area contributed by atoms with Crippen LogP contribution in [0.1, 0.15) is 45.9 Å². The average Bonchev–Trinajstić information content (AvgIpc) is 2.91. The van der Waals surface area contributed by atoms with Crippen LogP contribution in [0.3, 0.4) is 0 Å². The Hall–Kier alpha value is -1.93. The monoisotopic (exact) mass is 291 g/mol. The number of nitrogens with zero attached hydrogens (tertiary/aromatic N) is 1. The molecule has 0 saturated heterocycles. The van der Waals surface area contributed by atoms with Gasteiger partial charge in [-0.1, -0.05) is 48.5 Å². The Morgan fingerprint density at radius 1 is 0.955 bits per heavy atom. The molecule has 2 nitrogen and oxygen atoms in total. The van der Waals surface area contributed by atoms with Crippen LogP contribution in [0.5, 0.6) is 0 Å². The molecule has 0 spiro atoms. The highest BCUT2D eigenvalue weighted by Crippen LogP contribution is 2.37. The highest BCUT2D eigenvalue weighted by molar-refractivity contribution is 6.01. The Morgan fingerprint density at radius 2 is 1.68 bits per heavy atom. The van der Waals surface area contributed by atoms with Gasteiger partial charge >= 0.3 is 0 Å². The third-order valence-corrected chi connectivity index (χ3v) is 5.39. The summed E-state index contributed by atoms with van der Waals surface area (Å²) in [6.07, 6.45) is 4.06. The van der Waals surface area contributed by atoms with Gasteiger partial charge in [0.1, 0.15) is 0 Å². The molecule has 0 bridgehead atoms. The molecule has 0 fully saturated rings. The number of carbonyl (C=O) groups excluding carboxylic acids is 1. The lowest BCUT2D eigenvalue weighted by molar-refractivity contribution is 0.0935. The van der Waals surface area contributed by atoms with E-state index in [1.165, 1.54) is 23.1 Å². The van der Waals surface area contributed by atoms with E-state index in [1.54, 1.807) is 0 Å². The lowest BCUT2D eigenvalue weighted by Crippen LogP contribution is -2.38. The van der Waals surface area contributed by atoms with Crippen LogP contribution in [0.25, 0.3) is 0 Å². The maximum absolute atomic E-state index is 12.2. The second kappa shape index (κ2) is 5.36. The van der Waals surface area contributed by atoms with E-state index in [4.69, 9.17) is 0 Å². The maximum Gasteiger partial charge on any atom is 0.165 e. The number of likely N-dealkylation sites (N-methyl/N-ethyl adjacent to an activating group) is 1. The third kappa shape index (κ3) is 2.19. The van der Waals surface area contributed by atoms with Crippen LogP contribution in [0, 0.1) is 0 Å². The van der Waals surface area contributed by atoms with Crippen molar-refractivity contribution < 1.29 is 4.79 Å². The van der Waals surface area contributed by atoms with Gasteiger partial charge in [-0.2, -0.15) is 0 Å². The number of carbonyl (C=O) groups is 1. The summed E-state index contributed by atoms with van der Waals surface area (Å²) in [4.78, 5) is 14.7. The lowest BCUT2D eigenvalue weighted by Gasteiger charge is -2.36. The summed E-state index contributed by atoms with van der Waals surface area (Å²) in [5, 5.41) is 0. The van der Waals surface area contributed by atoms with E-state index in [-0.39, 0.29) is 6.04 Å². The fraction of sp³-hybridized carbons (Fsp3) is 0.350. The first-order valence-corrected chi connectivity index (χ1v) is 8.15. The lowest BCUT2D eigenvalue weighted by atomic mass is 9.87. The van der Waals surface area contributed by atoms with Crippen LogP contribution < -0.4 is 0 Å². The molecule has 2 aromatic carbocycles. The molecule has 0 amide bonds. The van der Waals surface area contributed by atoms with Gasteiger partial charge in [0.2, 0.25) is 0 Å². The highest BCUT2D eigenvalue weighted by Gasteiger charge is 2.35. The molecule has 0 unspecified atom stereocenters. The van der Waals surface area contributed by atoms with Crippen LogP contribution in [0.15, 0.2) is 48.5 Å². The van der Waals surface area contributed by atoms with Gasteiger partial charge in [0.05, 0.1) is 0 Å². The molecule has 4 rings (SSSR count). The summed E-state index contributed by atoms with van der Waals surface area (Å²) in [5.74, 6) is 0.295. The van der Waals surface area contributed by atoms with Crippen molar-refractivity contribution in [1.29, 1.82) is 0 Å². The third-order valence-electron chi connectivity index (χ3n) is 5.39. The summed E-state index contributed by atoms with van der Waals surface area (Å²) in [7, 11) is 2.19. The number of hydrogen-bond donors (Lipinski definition) is 0. The molecule has 2 atom stereocenters. The Morgan fingerprint density at radius 3 is 2.55 bits per heavy atom. The van der Waals surface area contributed by atoms with Crippen molar-refractivity contribution in [1.82, 2.24) is 4.90 Å². The molecule has 2 heteroatoms. The van der Waals surface area contributed by atoms with Crippen molar-refractivity contribution in [2.75, 3.05) is 7.05 Å². The minimum atomic E-state index is 0.249. The zero-order chi connectivity index (χ0) is 15.1. The van der Waals surface area contributed by atoms with E-state index in [0.717, 1.165) is 18.4 Å². The molecule has 2 aliphatic carbocycles. The van der Waals surface area contributed by atoms with E-state index in [0.29, 0.717) is 18.2 Å². The summed E-state index contributed by atoms with van der Waals surface area (Å²) < 4.78 is 0. The second-order valence-corrected chi connectivity index (χ2v) is 6.56. The second-order valence-electron chi connectivity index (χ2n) is 6.56. The molecular formula is C20H21NO. The summed E-state index contributed by atoms with van der Waals surface area (Å²) in [6, 6.07) is 17.7. The molecule has 112 valence electrons. The smallest absolute Gasteiger partial charge is 0.165 e. The topological polar surface area (TPSA) is 20.3 Å². The minimum absolute atomic E-state index is 0.249. The Kier molecular flexibility index (Phi) is 3.34. The normalized spacial score (nSPS) is 23.5. The van der Waals surface area contributed by atoms with Crippen LogP contribution in [-0.4, -0.2) is 23.8 Å². The SMILES string of the molecule is CN([C@@H]1CCc2ccccc2C1)[C@@H]1CC(=O)c2ccccc21. The van der Waals surface area contributed by atoms with Crippen molar-refractivity contribution in [3.63, 3.8) is 0 Å². The molecule has 2 aromatic rings.